The van der Waals surface area contributed by atoms with Crippen LogP contribution < -0.4 is 17.3 Å². The SMILES string of the molecule is C=CC.CC.CSC1=C(C)C(C)C(N)=C(N)N1N. The van der Waals surface area contributed by atoms with E-state index in [0.29, 0.717) is 11.5 Å². The Kier molecular flexibility index (Phi) is 10.6. The quantitative estimate of drug-likeness (QED) is 0.505. The van der Waals surface area contributed by atoms with Crippen molar-refractivity contribution in [2.45, 2.75) is 34.6 Å². The molecule has 5 heteroatoms. The molecule has 1 heterocycles. The number of hydrogen-bond acceptors (Lipinski definition) is 5. The van der Waals surface area contributed by atoms with E-state index in [0.717, 1.165) is 5.03 Å². The normalized spacial score (nSPS) is 18.6. The van der Waals surface area contributed by atoms with Crippen molar-refractivity contribution in [2.75, 3.05) is 6.26 Å². The van der Waals surface area contributed by atoms with Crippen LogP contribution in [-0.4, -0.2) is 11.3 Å². The van der Waals surface area contributed by atoms with Gasteiger partial charge in [0.15, 0.2) is 0 Å². The summed E-state index contributed by atoms with van der Waals surface area (Å²) in [6, 6.07) is 0. The van der Waals surface area contributed by atoms with Crippen molar-refractivity contribution in [1.29, 1.82) is 0 Å². The second-order valence-corrected chi connectivity index (χ2v) is 4.33. The zero-order valence-corrected chi connectivity index (χ0v) is 13.3. The van der Waals surface area contributed by atoms with Gasteiger partial charge in [-0.05, 0) is 25.7 Å². The molecule has 0 spiro atoms. The predicted molar refractivity (Wildman–Crippen MR) is 84.0 cm³/mol. The number of nitrogens with two attached hydrogens (primary N) is 3. The van der Waals surface area contributed by atoms with Crippen molar-refractivity contribution < 1.29 is 0 Å². The summed E-state index contributed by atoms with van der Waals surface area (Å²) in [6.07, 6.45) is 3.72. The summed E-state index contributed by atoms with van der Waals surface area (Å²) in [6.45, 7) is 13.3. The Morgan fingerprint density at radius 1 is 1.33 bits per heavy atom. The first-order chi connectivity index (χ1) is 8.42. The summed E-state index contributed by atoms with van der Waals surface area (Å²) >= 11 is 1.58. The monoisotopic (exact) mass is 272 g/mol. The smallest absolute Gasteiger partial charge is 0.138 e. The molecule has 0 saturated carbocycles. The van der Waals surface area contributed by atoms with E-state index in [1.807, 2.05) is 40.9 Å². The van der Waals surface area contributed by atoms with Crippen LogP contribution in [0.4, 0.5) is 0 Å². The van der Waals surface area contributed by atoms with Gasteiger partial charge in [0, 0.05) is 5.92 Å². The van der Waals surface area contributed by atoms with Gasteiger partial charge >= 0.3 is 0 Å². The lowest BCUT2D eigenvalue weighted by Crippen LogP contribution is -2.40. The van der Waals surface area contributed by atoms with Crippen molar-refractivity contribution in [3.8, 4) is 0 Å². The van der Waals surface area contributed by atoms with E-state index in [1.54, 1.807) is 17.8 Å². The molecule has 0 aromatic rings. The molecule has 1 atom stereocenters. The van der Waals surface area contributed by atoms with Gasteiger partial charge in [-0.2, -0.15) is 0 Å². The molecular formula is C13H28N4S. The van der Waals surface area contributed by atoms with Crippen molar-refractivity contribution in [3.05, 3.63) is 34.8 Å². The van der Waals surface area contributed by atoms with Crippen LogP contribution in [0.5, 0.6) is 0 Å². The van der Waals surface area contributed by atoms with Gasteiger partial charge in [-0.1, -0.05) is 26.8 Å². The summed E-state index contributed by atoms with van der Waals surface area (Å²) in [5.41, 5.74) is 13.4. The van der Waals surface area contributed by atoms with Gasteiger partial charge in [0.05, 0.1) is 10.7 Å². The van der Waals surface area contributed by atoms with E-state index < -0.39 is 0 Å². The predicted octanol–water partition coefficient (Wildman–Crippen LogP) is 2.71. The number of thioether (sulfide) groups is 1. The van der Waals surface area contributed by atoms with E-state index in [2.05, 4.69) is 6.58 Å². The van der Waals surface area contributed by atoms with Gasteiger partial charge in [-0.25, -0.2) is 5.84 Å². The topological polar surface area (TPSA) is 81.3 Å². The molecule has 106 valence electrons. The third kappa shape index (κ3) is 4.66. The summed E-state index contributed by atoms with van der Waals surface area (Å²) in [7, 11) is 0. The molecule has 0 bridgehead atoms. The zero-order valence-electron chi connectivity index (χ0n) is 12.4. The van der Waals surface area contributed by atoms with Crippen molar-refractivity contribution in [3.63, 3.8) is 0 Å². The Morgan fingerprint density at radius 3 is 2.06 bits per heavy atom. The Morgan fingerprint density at radius 2 is 1.72 bits per heavy atom. The summed E-state index contributed by atoms with van der Waals surface area (Å²) < 4.78 is 0. The highest BCUT2D eigenvalue weighted by atomic mass is 32.2. The number of allylic oxidation sites excluding steroid dienone is 2. The third-order valence-electron chi connectivity index (χ3n) is 2.42. The number of hydrogen-bond donors (Lipinski definition) is 3. The van der Waals surface area contributed by atoms with Crippen LogP contribution in [0.1, 0.15) is 34.6 Å². The maximum absolute atomic E-state index is 5.81. The second kappa shape index (κ2) is 9.91. The third-order valence-corrected chi connectivity index (χ3v) is 3.33. The van der Waals surface area contributed by atoms with E-state index in [1.165, 1.54) is 10.6 Å². The maximum atomic E-state index is 5.81. The summed E-state index contributed by atoms with van der Waals surface area (Å²) in [5, 5.41) is 2.44. The molecule has 0 aromatic carbocycles. The van der Waals surface area contributed by atoms with Crippen LogP contribution >= 0.6 is 11.8 Å². The van der Waals surface area contributed by atoms with Crippen molar-refractivity contribution in [2.24, 2.45) is 23.2 Å². The minimum Gasteiger partial charge on any atom is -0.399 e. The first-order valence-electron chi connectivity index (χ1n) is 6.04. The van der Waals surface area contributed by atoms with Gasteiger partial charge in [-0.15, -0.1) is 18.3 Å². The van der Waals surface area contributed by atoms with Gasteiger partial charge in [0.2, 0.25) is 0 Å². The van der Waals surface area contributed by atoms with Crippen LogP contribution in [0.2, 0.25) is 0 Å². The fourth-order valence-corrected chi connectivity index (χ4v) is 2.13. The van der Waals surface area contributed by atoms with Crippen LogP contribution in [0, 0.1) is 5.92 Å². The van der Waals surface area contributed by atoms with Gasteiger partial charge < -0.3 is 11.5 Å². The molecule has 4 nitrogen and oxygen atoms in total. The van der Waals surface area contributed by atoms with Gasteiger partial charge in [0.25, 0.3) is 0 Å². The molecular weight excluding hydrogens is 244 g/mol. The van der Waals surface area contributed by atoms with Gasteiger partial charge in [-0.3, -0.25) is 5.01 Å². The lowest BCUT2D eigenvalue weighted by Gasteiger charge is -2.32. The number of hydrazine groups is 1. The Hall–Kier alpha value is -1.07. The average Bonchev–Trinajstić information content (AvgIpc) is 2.38. The molecule has 0 aliphatic carbocycles. The Bertz CT molecular complexity index is 321. The lowest BCUT2D eigenvalue weighted by molar-refractivity contribution is 0.432. The first-order valence-corrected chi connectivity index (χ1v) is 7.26. The molecule has 0 amide bonds. The largest absolute Gasteiger partial charge is 0.399 e. The second-order valence-electron chi connectivity index (χ2n) is 3.53. The van der Waals surface area contributed by atoms with Crippen molar-refractivity contribution in [1.82, 2.24) is 5.01 Å². The highest BCUT2D eigenvalue weighted by molar-refractivity contribution is 8.02. The van der Waals surface area contributed by atoms with Crippen LogP contribution in [0.25, 0.3) is 0 Å². The standard InChI is InChI=1S/C8H16N4S.C3H6.C2H6/c1-4-5(2)8(13-3)12(11)7(10)6(4)9;1-3-2;1-2/h4H,9-11H2,1-3H3;3H,1H2,2H3;1-2H3. The Balaban J connectivity index is 0. The number of nitrogens with zero attached hydrogens (tertiary/aromatic N) is 1. The molecule has 18 heavy (non-hydrogen) atoms. The summed E-state index contributed by atoms with van der Waals surface area (Å²) in [5.74, 6) is 6.41. The van der Waals surface area contributed by atoms with E-state index in [-0.39, 0.29) is 5.92 Å². The van der Waals surface area contributed by atoms with E-state index in [9.17, 15) is 0 Å². The molecule has 1 rings (SSSR count). The molecule has 0 fully saturated rings. The molecule has 0 radical (unpaired) electrons. The highest BCUT2D eigenvalue weighted by Gasteiger charge is 2.25. The lowest BCUT2D eigenvalue weighted by atomic mass is 9.97. The fraction of sp³-hybridized carbons (Fsp3) is 0.538. The average molecular weight is 272 g/mol. The fourth-order valence-electron chi connectivity index (χ4n) is 1.34. The molecule has 0 saturated heterocycles. The molecule has 0 aromatic heterocycles. The highest BCUT2D eigenvalue weighted by Crippen LogP contribution is 2.33. The molecule has 1 unspecified atom stereocenters. The molecule has 1 aliphatic rings. The zero-order chi connectivity index (χ0) is 14.9. The van der Waals surface area contributed by atoms with Crippen LogP contribution in [0.15, 0.2) is 34.8 Å². The first kappa shape index (κ1) is 19.3. The van der Waals surface area contributed by atoms with E-state index in [4.69, 9.17) is 17.3 Å². The number of rotatable bonds is 1. The van der Waals surface area contributed by atoms with E-state index >= 15 is 0 Å². The van der Waals surface area contributed by atoms with Gasteiger partial charge in [0.1, 0.15) is 5.82 Å². The van der Waals surface area contributed by atoms with Crippen LogP contribution in [0.3, 0.4) is 0 Å². The molecule has 6 N–H and O–H groups in total. The Labute approximate surface area is 116 Å². The van der Waals surface area contributed by atoms with Crippen LogP contribution in [-0.2, 0) is 0 Å². The minimum atomic E-state index is 0.183. The maximum Gasteiger partial charge on any atom is 0.138 e. The molecule has 1 aliphatic heterocycles. The summed E-state index contributed by atoms with van der Waals surface area (Å²) in [4.78, 5) is 0. The minimum absolute atomic E-state index is 0.183. The van der Waals surface area contributed by atoms with Crippen molar-refractivity contribution >= 4 is 11.8 Å².